The topological polar surface area (TPSA) is 80.9 Å². The second-order valence-corrected chi connectivity index (χ2v) is 4.28. The summed E-state index contributed by atoms with van der Waals surface area (Å²) < 4.78 is 0. The van der Waals surface area contributed by atoms with Gasteiger partial charge in [0, 0.05) is 18.1 Å². The molecule has 1 amide bonds. The fourth-order valence-corrected chi connectivity index (χ4v) is 1.93. The molecule has 0 unspecified atom stereocenters. The van der Waals surface area contributed by atoms with E-state index in [2.05, 4.69) is 15.3 Å². The number of nitrogens with two attached hydrogens (primary N) is 1. The Morgan fingerprint density at radius 3 is 3.00 bits per heavy atom. The van der Waals surface area contributed by atoms with Crippen molar-refractivity contribution in [1.82, 2.24) is 15.3 Å². The minimum atomic E-state index is -0.202. The first-order valence-electron chi connectivity index (χ1n) is 5.12. The molecule has 0 spiro atoms. The molecule has 0 saturated carbocycles. The Morgan fingerprint density at radius 2 is 2.35 bits per heavy atom. The smallest absolute Gasteiger partial charge is 0.271 e. The molecule has 5 nitrogen and oxygen atoms in total. The lowest BCUT2D eigenvalue weighted by Crippen LogP contribution is -2.23. The largest absolute Gasteiger partial charge is 0.345 e. The van der Waals surface area contributed by atoms with Crippen molar-refractivity contribution in [3.05, 3.63) is 46.2 Å². The van der Waals surface area contributed by atoms with E-state index in [-0.39, 0.29) is 5.91 Å². The molecule has 2 aromatic heterocycles. The molecule has 0 aliphatic heterocycles. The monoisotopic (exact) mass is 248 g/mol. The average Bonchev–Trinajstić information content (AvgIpc) is 2.86. The van der Waals surface area contributed by atoms with Gasteiger partial charge in [-0.1, -0.05) is 6.07 Å². The first kappa shape index (κ1) is 11.7. The van der Waals surface area contributed by atoms with E-state index in [4.69, 9.17) is 5.73 Å². The van der Waals surface area contributed by atoms with Crippen LogP contribution in [-0.2, 0) is 13.1 Å². The Bertz CT molecular complexity index is 497. The Morgan fingerprint density at radius 1 is 1.47 bits per heavy atom. The predicted octanol–water partition coefficient (Wildman–Crippen LogP) is 0.927. The van der Waals surface area contributed by atoms with Crippen molar-refractivity contribution in [2.45, 2.75) is 13.1 Å². The van der Waals surface area contributed by atoms with Gasteiger partial charge in [-0.2, -0.15) is 0 Å². The maximum absolute atomic E-state index is 11.7. The van der Waals surface area contributed by atoms with Crippen molar-refractivity contribution in [2.24, 2.45) is 5.73 Å². The highest BCUT2D eigenvalue weighted by atomic mass is 32.1. The number of hydrogen-bond acceptors (Lipinski definition) is 5. The Balaban J connectivity index is 1.93. The highest BCUT2D eigenvalue weighted by Gasteiger charge is 2.09. The standard InChI is InChI=1S/C11H12N4OS/c12-5-10-15-9(7-17-10)11(16)14-6-8-3-1-2-4-13-8/h1-4,7H,5-6,12H2,(H,14,16). The number of rotatable bonds is 4. The van der Waals surface area contributed by atoms with Crippen LogP contribution < -0.4 is 11.1 Å². The normalized spacial score (nSPS) is 10.2. The zero-order chi connectivity index (χ0) is 12.1. The first-order chi connectivity index (χ1) is 8.29. The van der Waals surface area contributed by atoms with E-state index in [1.807, 2.05) is 18.2 Å². The molecular formula is C11H12N4OS. The Labute approximate surface area is 103 Å². The van der Waals surface area contributed by atoms with Gasteiger partial charge < -0.3 is 11.1 Å². The van der Waals surface area contributed by atoms with Gasteiger partial charge in [-0.15, -0.1) is 11.3 Å². The summed E-state index contributed by atoms with van der Waals surface area (Å²) in [5.41, 5.74) is 6.66. The summed E-state index contributed by atoms with van der Waals surface area (Å²) in [5.74, 6) is -0.202. The second kappa shape index (κ2) is 5.51. The molecule has 0 radical (unpaired) electrons. The molecule has 0 fully saturated rings. The summed E-state index contributed by atoms with van der Waals surface area (Å²) in [7, 11) is 0. The van der Waals surface area contributed by atoms with E-state index in [9.17, 15) is 4.79 Å². The summed E-state index contributed by atoms with van der Waals surface area (Å²) in [6.07, 6.45) is 1.69. The fraction of sp³-hybridized carbons (Fsp3) is 0.182. The third-order valence-electron chi connectivity index (χ3n) is 2.12. The van der Waals surface area contributed by atoms with Crippen LogP contribution in [0.2, 0.25) is 0 Å². The first-order valence-corrected chi connectivity index (χ1v) is 6.00. The van der Waals surface area contributed by atoms with Gasteiger partial charge in [0.1, 0.15) is 10.7 Å². The number of amides is 1. The minimum absolute atomic E-state index is 0.202. The van der Waals surface area contributed by atoms with Crippen molar-refractivity contribution < 1.29 is 4.79 Å². The number of nitrogens with one attached hydrogen (secondary N) is 1. The zero-order valence-corrected chi connectivity index (χ0v) is 9.91. The summed E-state index contributed by atoms with van der Waals surface area (Å²) in [6.45, 7) is 0.757. The third kappa shape index (κ3) is 3.08. The van der Waals surface area contributed by atoms with Gasteiger partial charge in [0.25, 0.3) is 5.91 Å². The summed E-state index contributed by atoms with van der Waals surface area (Å²) >= 11 is 1.39. The van der Waals surface area contributed by atoms with Crippen LogP contribution in [-0.4, -0.2) is 15.9 Å². The van der Waals surface area contributed by atoms with Crippen molar-refractivity contribution >= 4 is 17.2 Å². The van der Waals surface area contributed by atoms with Gasteiger partial charge in [-0.25, -0.2) is 4.98 Å². The van der Waals surface area contributed by atoms with Crippen LogP contribution in [0.25, 0.3) is 0 Å². The van der Waals surface area contributed by atoms with Gasteiger partial charge in [0.05, 0.1) is 12.2 Å². The molecule has 0 aromatic carbocycles. The van der Waals surface area contributed by atoms with Gasteiger partial charge >= 0.3 is 0 Å². The molecule has 0 atom stereocenters. The van der Waals surface area contributed by atoms with Gasteiger partial charge in [0.15, 0.2) is 0 Å². The lowest BCUT2D eigenvalue weighted by Gasteiger charge is -2.01. The molecule has 0 bridgehead atoms. The molecule has 0 aliphatic rings. The third-order valence-corrected chi connectivity index (χ3v) is 2.99. The van der Waals surface area contributed by atoms with Gasteiger partial charge in [-0.3, -0.25) is 9.78 Å². The molecule has 2 aromatic rings. The van der Waals surface area contributed by atoms with Gasteiger partial charge in [0.2, 0.25) is 0 Å². The zero-order valence-electron chi connectivity index (χ0n) is 9.09. The molecule has 0 saturated heterocycles. The number of thiazole rings is 1. The number of carbonyl (C=O) groups is 1. The van der Waals surface area contributed by atoms with E-state index in [1.54, 1.807) is 11.6 Å². The average molecular weight is 248 g/mol. The van der Waals surface area contributed by atoms with Crippen LogP contribution in [0.5, 0.6) is 0 Å². The molecule has 2 rings (SSSR count). The van der Waals surface area contributed by atoms with Crippen LogP contribution in [0.1, 0.15) is 21.2 Å². The van der Waals surface area contributed by atoms with E-state index >= 15 is 0 Å². The minimum Gasteiger partial charge on any atom is -0.345 e. The lowest BCUT2D eigenvalue weighted by molar-refractivity contribution is 0.0946. The highest BCUT2D eigenvalue weighted by molar-refractivity contribution is 7.09. The molecule has 0 aliphatic carbocycles. The Hall–Kier alpha value is -1.79. The van der Waals surface area contributed by atoms with Crippen LogP contribution in [0, 0.1) is 0 Å². The summed E-state index contributed by atoms with van der Waals surface area (Å²) in [4.78, 5) is 19.9. The van der Waals surface area contributed by atoms with Crippen LogP contribution >= 0.6 is 11.3 Å². The van der Waals surface area contributed by atoms with Crippen molar-refractivity contribution in [2.75, 3.05) is 0 Å². The van der Waals surface area contributed by atoms with Crippen molar-refractivity contribution in [3.63, 3.8) is 0 Å². The number of nitrogens with zero attached hydrogens (tertiary/aromatic N) is 2. The van der Waals surface area contributed by atoms with Crippen LogP contribution in [0.4, 0.5) is 0 Å². The summed E-state index contributed by atoms with van der Waals surface area (Å²) in [5, 5.41) is 5.22. The second-order valence-electron chi connectivity index (χ2n) is 3.33. The maximum Gasteiger partial charge on any atom is 0.271 e. The quantitative estimate of drug-likeness (QED) is 0.843. The number of carbonyl (C=O) groups excluding carboxylic acids is 1. The molecule has 88 valence electrons. The van der Waals surface area contributed by atoms with Crippen molar-refractivity contribution in [3.8, 4) is 0 Å². The van der Waals surface area contributed by atoms with E-state index < -0.39 is 0 Å². The lowest BCUT2D eigenvalue weighted by atomic mass is 10.3. The van der Waals surface area contributed by atoms with Gasteiger partial charge in [-0.05, 0) is 12.1 Å². The van der Waals surface area contributed by atoms with E-state index in [0.29, 0.717) is 18.8 Å². The number of hydrogen-bond donors (Lipinski definition) is 2. The number of pyridine rings is 1. The summed E-state index contributed by atoms with van der Waals surface area (Å²) in [6, 6.07) is 5.57. The fourth-order valence-electron chi connectivity index (χ4n) is 1.27. The van der Waals surface area contributed by atoms with E-state index in [1.165, 1.54) is 11.3 Å². The van der Waals surface area contributed by atoms with E-state index in [0.717, 1.165) is 10.7 Å². The Kier molecular flexibility index (Phi) is 3.79. The molecule has 3 N–H and O–H groups in total. The van der Waals surface area contributed by atoms with Crippen LogP contribution in [0.15, 0.2) is 29.8 Å². The SMILES string of the molecule is NCc1nc(C(=O)NCc2ccccn2)cs1. The van der Waals surface area contributed by atoms with Crippen LogP contribution in [0.3, 0.4) is 0 Å². The number of aromatic nitrogens is 2. The molecule has 17 heavy (non-hydrogen) atoms. The maximum atomic E-state index is 11.7. The molecule has 2 heterocycles. The molecule has 6 heteroatoms. The van der Waals surface area contributed by atoms with Crippen molar-refractivity contribution in [1.29, 1.82) is 0 Å². The highest BCUT2D eigenvalue weighted by Crippen LogP contribution is 2.08. The molecular weight excluding hydrogens is 236 g/mol. The predicted molar refractivity (Wildman–Crippen MR) is 65.4 cm³/mol.